The predicted molar refractivity (Wildman–Crippen MR) is 119 cm³/mol. The summed E-state index contributed by atoms with van der Waals surface area (Å²) in [7, 11) is 0. The van der Waals surface area contributed by atoms with Crippen LogP contribution in [0.1, 0.15) is 58.7 Å². The molecule has 138 valence electrons. The number of aryl methyl sites for hydroxylation is 3. The van der Waals surface area contributed by atoms with E-state index in [0.29, 0.717) is 0 Å². The molecule has 0 aliphatic heterocycles. The molecule has 0 saturated carbocycles. The quantitative estimate of drug-likeness (QED) is 0.470. The van der Waals surface area contributed by atoms with E-state index in [0.717, 1.165) is 34.2 Å². The van der Waals surface area contributed by atoms with Crippen LogP contribution < -0.4 is 0 Å². The fourth-order valence-corrected chi connectivity index (χ4v) is 2.94. The zero-order valence-corrected chi connectivity index (χ0v) is 17.0. The van der Waals surface area contributed by atoms with Gasteiger partial charge in [-0.05, 0) is 80.3 Å². The van der Waals surface area contributed by atoms with Crippen molar-refractivity contribution >= 4 is 0 Å². The molecule has 0 bridgehead atoms. The zero-order valence-electron chi connectivity index (χ0n) is 17.0. The van der Waals surface area contributed by atoms with Crippen LogP contribution in [0.3, 0.4) is 0 Å². The highest BCUT2D eigenvalue weighted by Crippen LogP contribution is 2.11. The van der Waals surface area contributed by atoms with E-state index >= 15 is 0 Å². The average Bonchev–Trinajstić information content (AvgIpc) is 2.72. The van der Waals surface area contributed by atoms with Crippen LogP contribution in [0.2, 0.25) is 0 Å². The maximum absolute atomic E-state index is 3.30. The third kappa shape index (κ3) is 5.64. The fraction of sp³-hybridized carbons (Fsp3) is 0.214. The largest absolute Gasteiger partial charge is 0.0654 e. The Morgan fingerprint density at radius 2 is 1.21 bits per heavy atom. The van der Waals surface area contributed by atoms with Crippen LogP contribution in [0.5, 0.6) is 0 Å². The van der Waals surface area contributed by atoms with Crippen molar-refractivity contribution in [3.8, 4) is 23.7 Å². The van der Waals surface area contributed by atoms with Gasteiger partial charge in [0.05, 0.1) is 0 Å². The molecule has 0 spiro atoms. The third-order valence-corrected chi connectivity index (χ3v) is 4.74. The lowest BCUT2D eigenvalue weighted by atomic mass is 10.0. The van der Waals surface area contributed by atoms with Crippen molar-refractivity contribution in [3.63, 3.8) is 0 Å². The summed E-state index contributed by atoms with van der Waals surface area (Å²) in [6.07, 6.45) is 3.62. The summed E-state index contributed by atoms with van der Waals surface area (Å²) >= 11 is 0. The molecule has 0 atom stereocenters. The van der Waals surface area contributed by atoms with E-state index in [1.54, 1.807) is 0 Å². The molecule has 0 aliphatic carbocycles. The Balaban J connectivity index is 1.71. The van der Waals surface area contributed by atoms with E-state index in [2.05, 4.69) is 105 Å². The molecule has 0 aromatic heterocycles. The maximum Gasteiger partial charge on any atom is 0.0279 e. The van der Waals surface area contributed by atoms with Crippen molar-refractivity contribution in [3.05, 3.63) is 106 Å². The zero-order chi connectivity index (χ0) is 19.8. The molecule has 0 unspecified atom stereocenters. The number of unbranched alkanes of at least 4 members (excludes halogenated alkanes) is 1. The number of hydrogen-bond acceptors (Lipinski definition) is 0. The standard InChI is InChI=1S/C28H26/c1-4-5-6-24-11-13-26(14-12-24)17-19-28-20-18-27(21-23(28)3)16-15-25-9-7-22(2)8-10-25/h7-14,18,20-21H,4-6H2,1-3H3. The van der Waals surface area contributed by atoms with Gasteiger partial charge in [-0.25, -0.2) is 0 Å². The SMILES string of the molecule is CCCCc1ccc(C#Cc2ccc(C#Cc3ccc(C)cc3)cc2C)cc1. The van der Waals surface area contributed by atoms with Crippen molar-refractivity contribution in [1.29, 1.82) is 0 Å². The van der Waals surface area contributed by atoms with E-state index < -0.39 is 0 Å². The van der Waals surface area contributed by atoms with Gasteiger partial charge in [0.2, 0.25) is 0 Å². The molecule has 3 aromatic rings. The van der Waals surface area contributed by atoms with E-state index in [1.165, 1.54) is 24.0 Å². The average molecular weight is 363 g/mol. The Kier molecular flexibility index (Phi) is 6.73. The third-order valence-electron chi connectivity index (χ3n) is 4.74. The summed E-state index contributed by atoms with van der Waals surface area (Å²) in [6.45, 7) is 6.40. The van der Waals surface area contributed by atoms with E-state index in [-0.39, 0.29) is 0 Å². The summed E-state index contributed by atoms with van der Waals surface area (Å²) in [5.74, 6) is 13.1. The van der Waals surface area contributed by atoms with Gasteiger partial charge < -0.3 is 0 Å². The molecular formula is C28H26. The first-order valence-corrected chi connectivity index (χ1v) is 9.94. The van der Waals surface area contributed by atoms with Crippen LogP contribution in [0.25, 0.3) is 0 Å². The van der Waals surface area contributed by atoms with Crippen molar-refractivity contribution < 1.29 is 0 Å². The van der Waals surface area contributed by atoms with Crippen molar-refractivity contribution in [2.75, 3.05) is 0 Å². The molecule has 0 heterocycles. The first kappa shape index (κ1) is 19.5. The van der Waals surface area contributed by atoms with Crippen LogP contribution in [0, 0.1) is 37.5 Å². The topological polar surface area (TPSA) is 0 Å². The Morgan fingerprint density at radius 1 is 0.643 bits per heavy atom. The molecule has 0 fully saturated rings. The summed E-state index contributed by atoms with van der Waals surface area (Å²) in [6, 6.07) is 23.1. The summed E-state index contributed by atoms with van der Waals surface area (Å²) in [5.41, 5.74) is 7.96. The molecule has 0 aliphatic rings. The lowest BCUT2D eigenvalue weighted by molar-refractivity contribution is 0.795. The molecule has 0 heteroatoms. The highest BCUT2D eigenvalue weighted by Gasteiger charge is 1.97. The van der Waals surface area contributed by atoms with Gasteiger partial charge in [0.25, 0.3) is 0 Å². The van der Waals surface area contributed by atoms with Gasteiger partial charge in [0, 0.05) is 22.3 Å². The summed E-state index contributed by atoms with van der Waals surface area (Å²) in [5, 5.41) is 0. The highest BCUT2D eigenvalue weighted by molar-refractivity contribution is 5.51. The minimum absolute atomic E-state index is 1.02. The minimum atomic E-state index is 1.02. The highest BCUT2D eigenvalue weighted by atomic mass is 14.0. The van der Waals surface area contributed by atoms with Crippen molar-refractivity contribution in [2.24, 2.45) is 0 Å². The number of rotatable bonds is 3. The normalized spacial score (nSPS) is 9.82. The van der Waals surface area contributed by atoms with Gasteiger partial charge in [-0.15, -0.1) is 0 Å². The summed E-state index contributed by atoms with van der Waals surface area (Å²) in [4.78, 5) is 0. The predicted octanol–water partition coefficient (Wildman–Crippen LogP) is 6.45. The van der Waals surface area contributed by atoms with Crippen LogP contribution in [0.15, 0.2) is 66.7 Å². The van der Waals surface area contributed by atoms with Gasteiger partial charge in [-0.2, -0.15) is 0 Å². The molecular weight excluding hydrogens is 336 g/mol. The molecule has 0 N–H and O–H groups in total. The Bertz CT molecular complexity index is 1040. The molecule has 0 amide bonds. The van der Waals surface area contributed by atoms with Crippen LogP contribution in [0.4, 0.5) is 0 Å². The minimum Gasteiger partial charge on any atom is -0.0654 e. The van der Waals surface area contributed by atoms with E-state index in [9.17, 15) is 0 Å². The van der Waals surface area contributed by atoms with Gasteiger partial charge in [0.1, 0.15) is 0 Å². The second-order valence-corrected chi connectivity index (χ2v) is 7.20. The second-order valence-electron chi connectivity index (χ2n) is 7.20. The van der Waals surface area contributed by atoms with Crippen molar-refractivity contribution in [2.45, 2.75) is 40.0 Å². The number of hydrogen-bond donors (Lipinski definition) is 0. The lowest BCUT2D eigenvalue weighted by Crippen LogP contribution is -1.86. The monoisotopic (exact) mass is 362 g/mol. The fourth-order valence-electron chi connectivity index (χ4n) is 2.94. The lowest BCUT2D eigenvalue weighted by Gasteiger charge is -2.00. The number of benzene rings is 3. The molecule has 0 saturated heterocycles. The molecule has 0 nitrogen and oxygen atoms in total. The smallest absolute Gasteiger partial charge is 0.0279 e. The van der Waals surface area contributed by atoms with Crippen molar-refractivity contribution in [1.82, 2.24) is 0 Å². The van der Waals surface area contributed by atoms with E-state index in [4.69, 9.17) is 0 Å². The molecule has 3 rings (SSSR count). The van der Waals surface area contributed by atoms with Gasteiger partial charge in [-0.3, -0.25) is 0 Å². The molecule has 0 radical (unpaired) electrons. The Labute approximate surface area is 169 Å². The van der Waals surface area contributed by atoms with Gasteiger partial charge in [0.15, 0.2) is 0 Å². The molecule has 28 heavy (non-hydrogen) atoms. The van der Waals surface area contributed by atoms with Crippen LogP contribution >= 0.6 is 0 Å². The Morgan fingerprint density at radius 3 is 1.86 bits per heavy atom. The Hall–Kier alpha value is -3.22. The first-order valence-electron chi connectivity index (χ1n) is 9.94. The van der Waals surface area contributed by atoms with Crippen LogP contribution in [-0.4, -0.2) is 0 Å². The van der Waals surface area contributed by atoms with Gasteiger partial charge >= 0.3 is 0 Å². The van der Waals surface area contributed by atoms with E-state index in [1.807, 2.05) is 6.07 Å². The summed E-state index contributed by atoms with van der Waals surface area (Å²) < 4.78 is 0. The van der Waals surface area contributed by atoms with Crippen LogP contribution in [-0.2, 0) is 6.42 Å². The molecule has 3 aromatic carbocycles. The maximum atomic E-state index is 3.30. The second kappa shape index (κ2) is 9.64. The van der Waals surface area contributed by atoms with Gasteiger partial charge in [-0.1, -0.05) is 66.9 Å². The first-order chi connectivity index (χ1) is 13.6.